The van der Waals surface area contributed by atoms with Crippen LogP contribution in [0.25, 0.3) is 0 Å². The molecule has 7 heteroatoms. The quantitative estimate of drug-likeness (QED) is 0.842. The van der Waals surface area contributed by atoms with Gasteiger partial charge in [-0.2, -0.15) is 0 Å². The lowest BCUT2D eigenvalue weighted by Gasteiger charge is -2.39. The predicted molar refractivity (Wildman–Crippen MR) is 80.4 cm³/mol. The number of carbonyl (C=O) groups excluding carboxylic acids is 1. The summed E-state index contributed by atoms with van der Waals surface area (Å²) in [6.45, 7) is 4.14. The molecule has 0 aliphatic heterocycles. The van der Waals surface area contributed by atoms with Crippen molar-refractivity contribution in [2.75, 3.05) is 6.61 Å². The lowest BCUT2D eigenvalue weighted by molar-refractivity contribution is 0.0846. The van der Waals surface area contributed by atoms with Crippen molar-refractivity contribution in [3.8, 4) is 5.75 Å². The van der Waals surface area contributed by atoms with Gasteiger partial charge in [-0.15, -0.1) is 0 Å². The second kappa shape index (κ2) is 5.85. The summed E-state index contributed by atoms with van der Waals surface area (Å²) < 4.78 is 28.2. The Morgan fingerprint density at radius 2 is 2.10 bits per heavy atom. The molecule has 1 aliphatic carbocycles. The smallest absolute Gasteiger partial charge is 0.261 e. The fourth-order valence-corrected chi connectivity index (χ4v) is 3.07. The summed E-state index contributed by atoms with van der Waals surface area (Å²) in [5.74, 6) is 0.00445. The van der Waals surface area contributed by atoms with E-state index >= 15 is 0 Å². The summed E-state index contributed by atoms with van der Waals surface area (Å²) >= 11 is 0. The van der Waals surface area contributed by atoms with E-state index in [0.717, 1.165) is 19.3 Å². The molecule has 0 spiro atoms. The summed E-state index contributed by atoms with van der Waals surface area (Å²) in [6, 6.07) is 4.04. The zero-order chi connectivity index (χ0) is 15.7. The Hall–Kier alpha value is -1.27. The first-order valence-electron chi connectivity index (χ1n) is 6.79. The minimum atomic E-state index is -3.89. The largest absolute Gasteiger partial charge is 0.493 e. The monoisotopic (exact) mass is 331 g/mol. The van der Waals surface area contributed by atoms with Crippen molar-refractivity contribution in [1.29, 1.82) is 0 Å². The molecule has 0 heterocycles. The van der Waals surface area contributed by atoms with E-state index in [-0.39, 0.29) is 21.9 Å². The number of ether oxygens (including phenoxy) is 1. The molecule has 0 saturated heterocycles. The standard InChI is InChI=1S/C14H18ClNO4S/c1-3-20-12-6-5-10(21(15,18)19)9-11(12)13(17)16-14(2)7-4-8-14/h5-6,9H,3-4,7-8H2,1-2H3,(H,16,17). The number of benzene rings is 1. The van der Waals surface area contributed by atoms with E-state index in [1.807, 2.05) is 6.92 Å². The molecule has 1 fully saturated rings. The summed E-state index contributed by atoms with van der Waals surface area (Å²) in [5, 5.41) is 2.93. The third-order valence-electron chi connectivity index (χ3n) is 3.65. The normalized spacial score (nSPS) is 16.9. The van der Waals surface area contributed by atoms with E-state index in [1.54, 1.807) is 6.92 Å². The molecule has 0 atom stereocenters. The predicted octanol–water partition coefficient (Wildman–Crippen LogP) is 2.69. The number of hydrogen-bond donors (Lipinski definition) is 1. The van der Waals surface area contributed by atoms with E-state index in [2.05, 4.69) is 5.32 Å². The second-order valence-corrected chi connectivity index (χ2v) is 7.96. The van der Waals surface area contributed by atoms with E-state index in [1.165, 1.54) is 18.2 Å². The van der Waals surface area contributed by atoms with E-state index in [4.69, 9.17) is 15.4 Å². The highest BCUT2D eigenvalue weighted by molar-refractivity contribution is 8.13. The molecule has 0 unspecified atom stereocenters. The van der Waals surface area contributed by atoms with Crippen LogP contribution in [0.2, 0.25) is 0 Å². The third-order valence-corrected chi connectivity index (χ3v) is 5.00. The molecular weight excluding hydrogens is 314 g/mol. The number of amides is 1. The van der Waals surface area contributed by atoms with Crippen LogP contribution in [0, 0.1) is 0 Å². The van der Waals surface area contributed by atoms with Crippen molar-refractivity contribution in [2.45, 2.75) is 43.5 Å². The van der Waals surface area contributed by atoms with Gasteiger partial charge < -0.3 is 10.1 Å². The van der Waals surface area contributed by atoms with E-state index < -0.39 is 9.05 Å². The molecule has 2 rings (SSSR count). The molecule has 1 saturated carbocycles. The minimum Gasteiger partial charge on any atom is -0.493 e. The van der Waals surface area contributed by atoms with Crippen molar-refractivity contribution in [3.05, 3.63) is 23.8 Å². The van der Waals surface area contributed by atoms with Crippen LogP contribution in [-0.4, -0.2) is 26.5 Å². The van der Waals surface area contributed by atoms with Gasteiger partial charge in [0.25, 0.3) is 15.0 Å². The maximum absolute atomic E-state index is 12.4. The van der Waals surface area contributed by atoms with Crippen LogP contribution in [0.5, 0.6) is 5.75 Å². The molecule has 1 aromatic rings. The molecule has 5 nitrogen and oxygen atoms in total. The Morgan fingerprint density at radius 1 is 1.43 bits per heavy atom. The highest BCUT2D eigenvalue weighted by Crippen LogP contribution is 2.32. The molecule has 1 aromatic carbocycles. The lowest BCUT2D eigenvalue weighted by Crippen LogP contribution is -2.51. The summed E-state index contributed by atoms with van der Waals surface area (Å²) in [4.78, 5) is 12.3. The Morgan fingerprint density at radius 3 is 2.57 bits per heavy atom. The summed E-state index contributed by atoms with van der Waals surface area (Å²) in [6.07, 6.45) is 2.90. The number of hydrogen-bond acceptors (Lipinski definition) is 4. The maximum atomic E-state index is 12.4. The molecule has 0 radical (unpaired) electrons. The van der Waals surface area contributed by atoms with Crippen molar-refractivity contribution in [2.24, 2.45) is 0 Å². The van der Waals surface area contributed by atoms with Gasteiger partial charge in [-0.3, -0.25) is 4.79 Å². The molecule has 1 amide bonds. The Labute approximate surface area is 129 Å². The molecule has 116 valence electrons. The van der Waals surface area contributed by atoms with Crippen LogP contribution in [0.4, 0.5) is 0 Å². The van der Waals surface area contributed by atoms with Crippen LogP contribution in [0.15, 0.2) is 23.1 Å². The first-order chi connectivity index (χ1) is 9.75. The zero-order valence-corrected chi connectivity index (χ0v) is 13.6. The molecule has 1 N–H and O–H groups in total. The number of carbonyl (C=O) groups is 1. The number of nitrogens with one attached hydrogen (secondary N) is 1. The highest BCUT2D eigenvalue weighted by atomic mass is 35.7. The van der Waals surface area contributed by atoms with Crippen molar-refractivity contribution in [3.63, 3.8) is 0 Å². The van der Waals surface area contributed by atoms with Crippen molar-refractivity contribution in [1.82, 2.24) is 5.32 Å². The zero-order valence-electron chi connectivity index (χ0n) is 12.0. The summed E-state index contributed by atoms with van der Waals surface area (Å²) in [7, 11) is 1.45. The maximum Gasteiger partial charge on any atom is 0.261 e. The Bertz CT molecular complexity index is 653. The highest BCUT2D eigenvalue weighted by Gasteiger charge is 2.34. The second-order valence-electron chi connectivity index (χ2n) is 5.40. The average Bonchev–Trinajstić information content (AvgIpc) is 2.36. The molecule has 1 aliphatic rings. The summed E-state index contributed by atoms with van der Waals surface area (Å²) in [5.41, 5.74) is -0.0390. The topological polar surface area (TPSA) is 72.5 Å². The Balaban J connectivity index is 2.35. The van der Waals surface area contributed by atoms with E-state index in [9.17, 15) is 13.2 Å². The van der Waals surface area contributed by atoms with Crippen LogP contribution in [0.1, 0.15) is 43.5 Å². The van der Waals surface area contributed by atoms with Gasteiger partial charge in [0.2, 0.25) is 0 Å². The third kappa shape index (κ3) is 3.68. The first kappa shape index (κ1) is 16.1. The van der Waals surface area contributed by atoms with Gasteiger partial charge >= 0.3 is 0 Å². The fourth-order valence-electron chi connectivity index (χ4n) is 2.29. The van der Waals surface area contributed by atoms with Gasteiger partial charge in [-0.1, -0.05) is 0 Å². The minimum absolute atomic E-state index is 0.114. The van der Waals surface area contributed by atoms with Crippen LogP contribution in [0.3, 0.4) is 0 Å². The lowest BCUT2D eigenvalue weighted by atomic mass is 9.78. The number of rotatable bonds is 5. The van der Waals surface area contributed by atoms with Gasteiger partial charge in [0.05, 0.1) is 17.1 Å². The van der Waals surface area contributed by atoms with E-state index in [0.29, 0.717) is 12.4 Å². The van der Waals surface area contributed by atoms with Crippen molar-refractivity contribution >= 4 is 25.6 Å². The molecule has 21 heavy (non-hydrogen) atoms. The SMILES string of the molecule is CCOc1ccc(S(=O)(=O)Cl)cc1C(=O)NC1(C)CCC1. The van der Waals surface area contributed by atoms with Crippen LogP contribution in [-0.2, 0) is 9.05 Å². The van der Waals surface area contributed by atoms with Crippen LogP contribution >= 0.6 is 10.7 Å². The van der Waals surface area contributed by atoms with Gasteiger partial charge in [-0.25, -0.2) is 8.42 Å². The van der Waals surface area contributed by atoms with Gasteiger partial charge in [0.1, 0.15) is 5.75 Å². The average molecular weight is 332 g/mol. The van der Waals surface area contributed by atoms with Gasteiger partial charge in [0.15, 0.2) is 0 Å². The van der Waals surface area contributed by atoms with Crippen LogP contribution < -0.4 is 10.1 Å². The molecular formula is C14H18ClNO4S. The Kier molecular flexibility index (Phi) is 4.49. The van der Waals surface area contributed by atoms with Gasteiger partial charge in [0, 0.05) is 16.2 Å². The molecule has 0 aromatic heterocycles. The first-order valence-corrected chi connectivity index (χ1v) is 9.10. The molecule has 0 bridgehead atoms. The van der Waals surface area contributed by atoms with Crippen molar-refractivity contribution < 1.29 is 17.9 Å². The van der Waals surface area contributed by atoms with Gasteiger partial charge in [-0.05, 0) is 51.3 Å². The number of halogens is 1. The fraction of sp³-hybridized carbons (Fsp3) is 0.500.